The Hall–Kier alpha value is -1.26. The van der Waals surface area contributed by atoms with E-state index < -0.39 is 0 Å². The molecule has 5 heteroatoms. The van der Waals surface area contributed by atoms with Crippen molar-refractivity contribution in [3.63, 3.8) is 0 Å². The highest BCUT2D eigenvalue weighted by molar-refractivity contribution is 7.17. The summed E-state index contributed by atoms with van der Waals surface area (Å²) in [6.45, 7) is 0.681. The number of hydrogen-bond donors (Lipinski definition) is 1. The predicted molar refractivity (Wildman–Crippen MR) is 101 cm³/mol. The van der Waals surface area contributed by atoms with Crippen LogP contribution in [0.1, 0.15) is 44.1 Å². The number of nitrogens with one attached hydrogen (secondary N) is 1. The van der Waals surface area contributed by atoms with Gasteiger partial charge in [0.05, 0.1) is 12.1 Å². The summed E-state index contributed by atoms with van der Waals surface area (Å²) in [6, 6.07) is 3.94. The van der Waals surface area contributed by atoms with Crippen molar-refractivity contribution in [2.45, 2.75) is 44.9 Å². The first kappa shape index (κ1) is 17.6. The predicted octanol–water partition coefficient (Wildman–Crippen LogP) is 5.19. The maximum atomic E-state index is 12.0. The molecule has 0 aliphatic heterocycles. The first-order valence-corrected chi connectivity index (χ1v) is 9.93. The standard InChI is InChI=1S/C19H24ClNO2S/c1-23-17-10-15-14(12-24-18(15)11-16(17)20)8-9-21-19(22)7-6-13-4-2-3-5-13/h10-13H,2-9H2,1H3,(H,21,22). The van der Waals surface area contributed by atoms with Gasteiger partial charge in [0.2, 0.25) is 5.91 Å². The first-order valence-electron chi connectivity index (χ1n) is 8.67. The van der Waals surface area contributed by atoms with Crippen molar-refractivity contribution in [2.24, 2.45) is 5.92 Å². The van der Waals surface area contributed by atoms with Crippen LogP contribution in [0.25, 0.3) is 10.1 Å². The SMILES string of the molecule is COc1cc2c(CCNC(=O)CCC3CCCC3)csc2cc1Cl. The molecule has 0 spiro atoms. The van der Waals surface area contributed by atoms with Crippen LogP contribution in [0.4, 0.5) is 0 Å². The molecule has 0 saturated heterocycles. The summed E-state index contributed by atoms with van der Waals surface area (Å²) in [6.07, 6.45) is 7.83. The number of hydrogen-bond acceptors (Lipinski definition) is 3. The Morgan fingerprint density at radius 3 is 2.92 bits per heavy atom. The average Bonchev–Trinajstić information content (AvgIpc) is 3.22. The van der Waals surface area contributed by atoms with E-state index in [1.165, 1.54) is 36.6 Å². The molecule has 3 nitrogen and oxygen atoms in total. The first-order chi connectivity index (χ1) is 11.7. The molecule has 1 saturated carbocycles. The smallest absolute Gasteiger partial charge is 0.220 e. The third kappa shape index (κ3) is 4.22. The molecule has 1 aromatic carbocycles. The number of methoxy groups -OCH3 is 1. The quantitative estimate of drug-likeness (QED) is 0.733. The van der Waals surface area contributed by atoms with Crippen LogP contribution in [0, 0.1) is 5.92 Å². The molecule has 0 atom stereocenters. The average molecular weight is 366 g/mol. The van der Waals surface area contributed by atoms with E-state index in [-0.39, 0.29) is 5.91 Å². The number of amides is 1. The fourth-order valence-corrected chi connectivity index (χ4v) is 4.81. The van der Waals surface area contributed by atoms with Crippen LogP contribution in [0.15, 0.2) is 17.5 Å². The molecule has 1 aliphatic rings. The van der Waals surface area contributed by atoms with Crippen LogP contribution in [-0.4, -0.2) is 19.6 Å². The zero-order valence-electron chi connectivity index (χ0n) is 14.1. The second-order valence-electron chi connectivity index (χ2n) is 6.53. The van der Waals surface area contributed by atoms with Crippen molar-refractivity contribution in [3.05, 3.63) is 28.1 Å². The lowest BCUT2D eigenvalue weighted by Crippen LogP contribution is -2.25. The second kappa shape index (κ2) is 8.21. The molecule has 1 heterocycles. The third-order valence-electron chi connectivity index (χ3n) is 4.90. The molecular formula is C19H24ClNO2S. The van der Waals surface area contributed by atoms with Gasteiger partial charge in [0.1, 0.15) is 5.75 Å². The highest BCUT2D eigenvalue weighted by Gasteiger charge is 2.16. The minimum Gasteiger partial charge on any atom is -0.495 e. The topological polar surface area (TPSA) is 38.3 Å². The Labute approximate surface area is 152 Å². The molecule has 0 bridgehead atoms. The van der Waals surface area contributed by atoms with Crippen LogP contribution in [0.2, 0.25) is 5.02 Å². The van der Waals surface area contributed by atoms with Crippen molar-refractivity contribution in [1.29, 1.82) is 0 Å². The molecule has 1 N–H and O–H groups in total. The molecule has 1 aromatic heterocycles. The fourth-order valence-electron chi connectivity index (χ4n) is 3.49. The highest BCUT2D eigenvalue weighted by Crippen LogP contribution is 2.35. The fraction of sp³-hybridized carbons (Fsp3) is 0.526. The summed E-state index contributed by atoms with van der Waals surface area (Å²) in [5.74, 6) is 1.65. The lowest BCUT2D eigenvalue weighted by Gasteiger charge is -2.09. The maximum absolute atomic E-state index is 12.0. The van der Waals surface area contributed by atoms with Gasteiger partial charge in [-0.2, -0.15) is 0 Å². The van der Waals surface area contributed by atoms with Crippen molar-refractivity contribution in [1.82, 2.24) is 5.32 Å². The van der Waals surface area contributed by atoms with Gasteiger partial charge >= 0.3 is 0 Å². The van der Waals surface area contributed by atoms with Crippen LogP contribution >= 0.6 is 22.9 Å². The molecule has 1 fully saturated rings. The summed E-state index contributed by atoms with van der Waals surface area (Å²) < 4.78 is 6.46. The van der Waals surface area contributed by atoms with Gasteiger partial charge in [0, 0.05) is 17.7 Å². The van der Waals surface area contributed by atoms with Crippen molar-refractivity contribution >= 4 is 38.9 Å². The van der Waals surface area contributed by atoms with Crippen molar-refractivity contribution in [3.8, 4) is 5.75 Å². The maximum Gasteiger partial charge on any atom is 0.220 e. The van der Waals surface area contributed by atoms with Crippen LogP contribution in [-0.2, 0) is 11.2 Å². The van der Waals surface area contributed by atoms with Gasteiger partial charge in [-0.3, -0.25) is 4.79 Å². The zero-order chi connectivity index (χ0) is 16.9. The van der Waals surface area contributed by atoms with Gasteiger partial charge < -0.3 is 10.1 Å². The van der Waals surface area contributed by atoms with E-state index in [0.29, 0.717) is 23.7 Å². The third-order valence-corrected chi connectivity index (χ3v) is 6.19. The van der Waals surface area contributed by atoms with Gasteiger partial charge in [-0.1, -0.05) is 37.3 Å². The van der Waals surface area contributed by atoms with Crippen molar-refractivity contribution < 1.29 is 9.53 Å². The molecule has 0 unspecified atom stereocenters. The molecule has 1 amide bonds. The number of fused-ring (bicyclic) bond motifs is 1. The molecule has 1 aliphatic carbocycles. The number of benzene rings is 1. The van der Waals surface area contributed by atoms with Crippen LogP contribution < -0.4 is 10.1 Å². The number of rotatable bonds is 7. The minimum absolute atomic E-state index is 0.182. The van der Waals surface area contributed by atoms with E-state index in [4.69, 9.17) is 16.3 Å². The van der Waals surface area contributed by atoms with Gasteiger partial charge in [-0.25, -0.2) is 0 Å². The number of carbonyl (C=O) groups is 1. The normalized spacial score (nSPS) is 15.1. The molecule has 3 rings (SSSR count). The largest absolute Gasteiger partial charge is 0.495 e. The summed E-state index contributed by atoms with van der Waals surface area (Å²) in [7, 11) is 1.63. The number of thiophene rings is 1. The molecular weight excluding hydrogens is 342 g/mol. The lowest BCUT2D eigenvalue weighted by molar-refractivity contribution is -0.121. The van der Waals surface area contributed by atoms with Gasteiger partial charge in [-0.15, -0.1) is 11.3 Å². The van der Waals surface area contributed by atoms with E-state index in [9.17, 15) is 4.79 Å². The van der Waals surface area contributed by atoms with E-state index in [0.717, 1.165) is 23.5 Å². The second-order valence-corrected chi connectivity index (χ2v) is 7.85. The van der Waals surface area contributed by atoms with E-state index in [1.807, 2.05) is 12.1 Å². The summed E-state index contributed by atoms with van der Waals surface area (Å²) in [5.41, 5.74) is 1.24. The van der Waals surface area contributed by atoms with Gasteiger partial charge in [0.25, 0.3) is 0 Å². The molecule has 2 aromatic rings. The van der Waals surface area contributed by atoms with Crippen LogP contribution in [0.5, 0.6) is 5.75 Å². The van der Waals surface area contributed by atoms with E-state index in [1.54, 1.807) is 18.4 Å². The Morgan fingerprint density at radius 1 is 1.38 bits per heavy atom. The zero-order valence-corrected chi connectivity index (χ0v) is 15.6. The minimum atomic E-state index is 0.182. The number of carbonyl (C=O) groups excluding carboxylic acids is 1. The van der Waals surface area contributed by atoms with Gasteiger partial charge in [-0.05, 0) is 47.2 Å². The number of halogens is 1. The van der Waals surface area contributed by atoms with E-state index >= 15 is 0 Å². The Morgan fingerprint density at radius 2 is 2.17 bits per heavy atom. The van der Waals surface area contributed by atoms with E-state index in [2.05, 4.69) is 10.7 Å². The summed E-state index contributed by atoms with van der Waals surface area (Å²) in [5, 5.41) is 7.01. The molecule has 24 heavy (non-hydrogen) atoms. The van der Waals surface area contributed by atoms with Gasteiger partial charge in [0.15, 0.2) is 0 Å². The van der Waals surface area contributed by atoms with Crippen molar-refractivity contribution in [2.75, 3.05) is 13.7 Å². The summed E-state index contributed by atoms with van der Waals surface area (Å²) in [4.78, 5) is 12.0. The molecule has 130 valence electrons. The Bertz CT molecular complexity index is 707. The molecule has 0 radical (unpaired) electrons. The number of ether oxygens (including phenoxy) is 1. The van der Waals surface area contributed by atoms with Crippen LogP contribution in [0.3, 0.4) is 0 Å². The lowest BCUT2D eigenvalue weighted by atomic mass is 10.0. The highest BCUT2D eigenvalue weighted by atomic mass is 35.5. The Balaban J connectivity index is 1.51. The summed E-state index contributed by atoms with van der Waals surface area (Å²) >= 11 is 7.85. The monoisotopic (exact) mass is 365 g/mol. The Kier molecular flexibility index (Phi) is 6.01.